The molecule has 6 heteroatoms. The van der Waals surface area contributed by atoms with E-state index in [0.29, 0.717) is 12.2 Å². The molecular formula is C13H16N4O2. The molecule has 0 bridgehead atoms. The zero-order chi connectivity index (χ0) is 13.7. The van der Waals surface area contributed by atoms with Gasteiger partial charge in [0.2, 0.25) is 0 Å². The van der Waals surface area contributed by atoms with Crippen molar-refractivity contribution in [1.82, 2.24) is 20.1 Å². The van der Waals surface area contributed by atoms with Gasteiger partial charge < -0.3 is 10.4 Å². The summed E-state index contributed by atoms with van der Waals surface area (Å²) in [5.41, 5.74) is 1.93. The van der Waals surface area contributed by atoms with Crippen LogP contribution in [0.15, 0.2) is 30.6 Å². The molecule has 0 radical (unpaired) electrons. The summed E-state index contributed by atoms with van der Waals surface area (Å²) in [5.74, 6) is -0.949. The van der Waals surface area contributed by atoms with Gasteiger partial charge in [0.25, 0.3) is 0 Å². The Morgan fingerprint density at radius 3 is 3.00 bits per heavy atom. The van der Waals surface area contributed by atoms with Crippen molar-refractivity contribution in [2.24, 2.45) is 7.05 Å². The smallest absolute Gasteiger partial charge is 0.339 e. The largest absolute Gasteiger partial charge is 0.478 e. The number of pyridine rings is 1. The summed E-state index contributed by atoms with van der Waals surface area (Å²) in [6.07, 6.45) is 3.94. The van der Waals surface area contributed by atoms with E-state index in [1.807, 2.05) is 18.2 Å². The van der Waals surface area contributed by atoms with Crippen LogP contribution in [0.2, 0.25) is 0 Å². The van der Waals surface area contributed by atoms with E-state index in [4.69, 9.17) is 5.11 Å². The molecule has 0 saturated heterocycles. The van der Waals surface area contributed by atoms with Crippen molar-refractivity contribution in [3.63, 3.8) is 0 Å². The number of nitrogens with zero attached hydrogens (tertiary/aromatic N) is 3. The summed E-state index contributed by atoms with van der Waals surface area (Å²) in [6.45, 7) is 1.21. The van der Waals surface area contributed by atoms with Gasteiger partial charge in [-0.1, -0.05) is 6.07 Å². The van der Waals surface area contributed by atoms with Crippen LogP contribution in [0.25, 0.3) is 0 Å². The summed E-state index contributed by atoms with van der Waals surface area (Å²) in [5, 5.41) is 16.2. The lowest BCUT2D eigenvalue weighted by molar-refractivity contribution is 0.0695. The molecule has 0 aliphatic carbocycles. The lowest BCUT2D eigenvalue weighted by Gasteiger charge is -2.06. The van der Waals surface area contributed by atoms with Crippen molar-refractivity contribution < 1.29 is 9.90 Å². The van der Waals surface area contributed by atoms with Crippen molar-refractivity contribution in [3.05, 3.63) is 47.5 Å². The highest BCUT2D eigenvalue weighted by molar-refractivity contribution is 5.88. The van der Waals surface area contributed by atoms with Crippen LogP contribution in [0.5, 0.6) is 0 Å². The van der Waals surface area contributed by atoms with Crippen molar-refractivity contribution in [1.29, 1.82) is 0 Å². The third-order valence-corrected chi connectivity index (χ3v) is 2.87. The molecule has 2 aromatic heterocycles. The summed E-state index contributed by atoms with van der Waals surface area (Å²) in [4.78, 5) is 15.2. The van der Waals surface area contributed by atoms with Crippen LogP contribution >= 0.6 is 0 Å². The van der Waals surface area contributed by atoms with Gasteiger partial charge in [-0.2, -0.15) is 5.10 Å². The highest BCUT2D eigenvalue weighted by Gasteiger charge is 2.14. The Morgan fingerprint density at radius 1 is 1.47 bits per heavy atom. The molecule has 6 nitrogen and oxygen atoms in total. The third kappa shape index (κ3) is 3.38. The van der Waals surface area contributed by atoms with Crippen LogP contribution in [-0.4, -0.2) is 32.4 Å². The number of hydrogen-bond donors (Lipinski definition) is 2. The van der Waals surface area contributed by atoms with Gasteiger partial charge in [0.15, 0.2) is 0 Å². The van der Waals surface area contributed by atoms with Gasteiger partial charge in [-0.25, -0.2) is 4.79 Å². The maximum atomic E-state index is 11.0. The SMILES string of the molecule is Cn1ncc(C(=O)O)c1CNCCc1ccccn1. The fraction of sp³-hybridized carbons (Fsp3) is 0.308. The molecule has 0 aliphatic heterocycles. The standard InChI is InChI=1S/C13H16N4O2/c1-17-12(11(8-16-17)13(18)19)9-14-7-5-10-4-2-3-6-15-10/h2-4,6,8,14H,5,7,9H2,1H3,(H,18,19). The Morgan fingerprint density at radius 2 is 2.32 bits per heavy atom. The number of rotatable bonds is 6. The summed E-state index contributed by atoms with van der Waals surface area (Å²) >= 11 is 0. The van der Waals surface area contributed by atoms with E-state index in [1.165, 1.54) is 6.20 Å². The zero-order valence-corrected chi connectivity index (χ0v) is 10.7. The molecule has 2 N–H and O–H groups in total. The molecular weight excluding hydrogens is 244 g/mol. The molecule has 2 heterocycles. The van der Waals surface area contributed by atoms with Crippen LogP contribution in [-0.2, 0) is 20.0 Å². The fourth-order valence-corrected chi connectivity index (χ4v) is 1.82. The van der Waals surface area contributed by atoms with Gasteiger partial charge in [0.05, 0.1) is 11.9 Å². The van der Waals surface area contributed by atoms with Crippen LogP contribution < -0.4 is 5.32 Å². The number of aryl methyl sites for hydroxylation is 1. The monoisotopic (exact) mass is 260 g/mol. The first-order valence-electron chi connectivity index (χ1n) is 6.03. The molecule has 19 heavy (non-hydrogen) atoms. The van der Waals surface area contributed by atoms with E-state index in [1.54, 1.807) is 17.9 Å². The van der Waals surface area contributed by atoms with Crippen LogP contribution in [0.1, 0.15) is 21.7 Å². The molecule has 0 aliphatic rings. The highest BCUT2D eigenvalue weighted by Crippen LogP contribution is 2.07. The zero-order valence-electron chi connectivity index (χ0n) is 10.7. The van der Waals surface area contributed by atoms with Crippen LogP contribution in [0.3, 0.4) is 0 Å². The minimum Gasteiger partial charge on any atom is -0.478 e. The van der Waals surface area contributed by atoms with E-state index in [0.717, 1.165) is 18.7 Å². The lowest BCUT2D eigenvalue weighted by Crippen LogP contribution is -2.20. The maximum absolute atomic E-state index is 11.0. The molecule has 0 spiro atoms. The first-order chi connectivity index (χ1) is 9.18. The van der Waals surface area contributed by atoms with Crippen LogP contribution in [0, 0.1) is 0 Å². The molecule has 0 aromatic carbocycles. The Labute approximate surface area is 111 Å². The number of carboxylic acid groups (broad SMARTS) is 1. The normalized spacial score (nSPS) is 10.6. The molecule has 0 unspecified atom stereocenters. The van der Waals surface area contributed by atoms with E-state index < -0.39 is 5.97 Å². The predicted molar refractivity (Wildman–Crippen MR) is 69.8 cm³/mol. The molecule has 0 atom stereocenters. The highest BCUT2D eigenvalue weighted by atomic mass is 16.4. The Kier molecular flexibility index (Phi) is 4.25. The van der Waals surface area contributed by atoms with E-state index in [2.05, 4.69) is 15.4 Å². The number of aromatic nitrogens is 3. The first kappa shape index (κ1) is 13.2. The van der Waals surface area contributed by atoms with Crippen molar-refractivity contribution >= 4 is 5.97 Å². The Bertz CT molecular complexity index is 551. The van der Waals surface area contributed by atoms with E-state index >= 15 is 0 Å². The summed E-state index contributed by atoms with van der Waals surface area (Å²) in [7, 11) is 1.74. The Hall–Kier alpha value is -2.21. The van der Waals surface area contributed by atoms with Crippen molar-refractivity contribution in [3.8, 4) is 0 Å². The minimum absolute atomic E-state index is 0.243. The number of nitrogens with one attached hydrogen (secondary N) is 1. The van der Waals surface area contributed by atoms with Gasteiger partial charge in [-0.05, 0) is 12.1 Å². The molecule has 0 saturated carbocycles. The average molecular weight is 260 g/mol. The quantitative estimate of drug-likeness (QED) is 0.752. The number of carboxylic acids is 1. The van der Waals surface area contributed by atoms with Gasteiger partial charge in [0.1, 0.15) is 5.56 Å². The summed E-state index contributed by atoms with van der Waals surface area (Å²) < 4.78 is 1.58. The van der Waals surface area contributed by atoms with E-state index in [-0.39, 0.29) is 5.56 Å². The van der Waals surface area contributed by atoms with Crippen LogP contribution in [0.4, 0.5) is 0 Å². The average Bonchev–Trinajstić information content (AvgIpc) is 2.77. The van der Waals surface area contributed by atoms with Gasteiger partial charge >= 0.3 is 5.97 Å². The predicted octanol–water partition coefficient (Wildman–Crippen LogP) is 0.846. The fourth-order valence-electron chi connectivity index (χ4n) is 1.82. The van der Waals surface area contributed by atoms with Gasteiger partial charge in [-0.15, -0.1) is 0 Å². The molecule has 0 fully saturated rings. The van der Waals surface area contributed by atoms with Gasteiger partial charge in [-0.3, -0.25) is 9.67 Å². The molecule has 2 rings (SSSR count). The summed E-state index contributed by atoms with van der Waals surface area (Å²) in [6, 6.07) is 5.80. The first-order valence-corrected chi connectivity index (χ1v) is 6.03. The lowest BCUT2D eigenvalue weighted by atomic mass is 10.2. The van der Waals surface area contributed by atoms with E-state index in [9.17, 15) is 4.79 Å². The molecule has 100 valence electrons. The second-order valence-electron chi connectivity index (χ2n) is 4.18. The Balaban J connectivity index is 1.86. The number of hydrogen-bond acceptors (Lipinski definition) is 4. The maximum Gasteiger partial charge on any atom is 0.339 e. The second kappa shape index (κ2) is 6.10. The minimum atomic E-state index is -0.949. The molecule has 2 aromatic rings. The van der Waals surface area contributed by atoms with Crippen molar-refractivity contribution in [2.75, 3.05) is 6.54 Å². The second-order valence-corrected chi connectivity index (χ2v) is 4.18. The topological polar surface area (TPSA) is 80.0 Å². The molecule has 0 amide bonds. The van der Waals surface area contributed by atoms with Crippen molar-refractivity contribution in [2.45, 2.75) is 13.0 Å². The number of aromatic carboxylic acids is 1. The number of carbonyl (C=O) groups is 1. The third-order valence-electron chi connectivity index (χ3n) is 2.87. The van der Waals surface area contributed by atoms with Gasteiger partial charge in [0, 0.05) is 38.4 Å².